The van der Waals surface area contributed by atoms with E-state index in [2.05, 4.69) is 53.8 Å². The minimum atomic E-state index is 0.153. The Kier molecular flexibility index (Phi) is 5.17. The maximum atomic E-state index is 10.2. The van der Waals surface area contributed by atoms with E-state index in [0.29, 0.717) is 5.75 Å². The molecule has 3 aromatic carbocycles. The summed E-state index contributed by atoms with van der Waals surface area (Å²) in [6.45, 7) is 1.98. The third-order valence-electron chi connectivity index (χ3n) is 4.25. The standard InChI is InChI=1S/C22H23NO/c1-17-12-14-21(22(24)16-17)23-20(19-10-6-3-7-11-19)15-13-18-8-4-2-5-9-18/h2-12,14,16,20,23-24H,13,15H2,1H3. The van der Waals surface area contributed by atoms with Gasteiger partial charge in [-0.25, -0.2) is 0 Å². The van der Waals surface area contributed by atoms with Crippen LogP contribution in [0, 0.1) is 6.92 Å². The maximum Gasteiger partial charge on any atom is 0.138 e. The fraction of sp³-hybridized carbons (Fsp3) is 0.182. The fourth-order valence-electron chi connectivity index (χ4n) is 2.91. The smallest absolute Gasteiger partial charge is 0.138 e. The Bertz CT molecular complexity index is 768. The van der Waals surface area contributed by atoms with Crippen LogP contribution in [0.4, 0.5) is 5.69 Å². The number of hydrogen-bond acceptors (Lipinski definition) is 2. The number of hydrogen-bond donors (Lipinski definition) is 2. The molecule has 0 amide bonds. The van der Waals surface area contributed by atoms with E-state index >= 15 is 0 Å². The summed E-state index contributed by atoms with van der Waals surface area (Å²) < 4.78 is 0. The lowest BCUT2D eigenvalue weighted by Gasteiger charge is -2.21. The van der Waals surface area contributed by atoms with Crippen LogP contribution in [-0.4, -0.2) is 5.11 Å². The maximum absolute atomic E-state index is 10.2. The van der Waals surface area contributed by atoms with Crippen LogP contribution in [0.3, 0.4) is 0 Å². The van der Waals surface area contributed by atoms with Gasteiger partial charge in [0.15, 0.2) is 0 Å². The van der Waals surface area contributed by atoms with Gasteiger partial charge in [0.05, 0.1) is 11.7 Å². The Hall–Kier alpha value is -2.74. The van der Waals surface area contributed by atoms with Gasteiger partial charge in [-0.2, -0.15) is 0 Å². The molecule has 122 valence electrons. The molecule has 0 spiro atoms. The van der Waals surface area contributed by atoms with E-state index in [1.165, 1.54) is 11.1 Å². The van der Waals surface area contributed by atoms with Crippen LogP contribution in [0.1, 0.15) is 29.2 Å². The molecule has 2 heteroatoms. The Morgan fingerprint density at radius 1 is 0.875 bits per heavy atom. The Balaban J connectivity index is 1.79. The number of anilines is 1. The molecule has 0 aliphatic heterocycles. The van der Waals surface area contributed by atoms with E-state index in [9.17, 15) is 5.11 Å². The Morgan fingerprint density at radius 3 is 2.21 bits per heavy atom. The molecule has 1 atom stereocenters. The molecule has 0 fully saturated rings. The fourth-order valence-corrected chi connectivity index (χ4v) is 2.91. The highest BCUT2D eigenvalue weighted by molar-refractivity contribution is 5.58. The molecule has 24 heavy (non-hydrogen) atoms. The van der Waals surface area contributed by atoms with Crippen molar-refractivity contribution in [1.82, 2.24) is 0 Å². The van der Waals surface area contributed by atoms with E-state index in [1.54, 1.807) is 6.07 Å². The summed E-state index contributed by atoms with van der Waals surface area (Å²) in [4.78, 5) is 0. The van der Waals surface area contributed by atoms with Gasteiger partial charge in [0.25, 0.3) is 0 Å². The van der Waals surface area contributed by atoms with E-state index in [0.717, 1.165) is 24.1 Å². The van der Waals surface area contributed by atoms with E-state index in [1.807, 2.05) is 31.2 Å². The van der Waals surface area contributed by atoms with Crippen LogP contribution in [0.5, 0.6) is 5.75 Å². The summed E-state index contributed by atoms with van der Waals surface area (Å²) in [7, 11) is 0. The van der Waals surface area contributed by atoms with Gasteiger partial charge in [-0.05, 0) is 48.6 Å². The molecule has 1 unspecified atom stereocenters. The number of phenolic OH excluding ortho intramolecular Hbond substituents is 1. The number of rotatable bonds is 6. The Morgan fingerprint density at radius 2 is 1.54 bits per heavy atom. The molecule has 3 rings (SSSR count). The first-order valence-electron chi connectivity index (χ1n) is 8.37. The third-order valence-corrected chi connectivity index (χ3v) is 4.25. The molecule has 3 aromatic rings. The summed E-state index contributed by atoms with van der Waals surface area (Å²) in [6.07, 6.45) is 1.95. The van der Waals surface area contributed by atoms with Gasteiger partial charge in [0.1, 0.15) is 5.75 Å². The number of nitrogens with one attached hydrogen (secondary N) is 1. The van der Waals surface area contributed by atoms with Crippen LogP contribution in [0.2, 0.25) is 0 Å². The van der Waals surface area contributed by atoms with Gasteiger partial charge in [0, 0.05) is 0 Å². The summed E-state index contributed by atoms with van der Waals surface area (Å²) >= 11 is 0. The first-order valence-corrected chi connectivity index (χ1v) is 8.37. The molecular formula is C22H23NO. The van der Waals surface area contributed by atoms with Crippen molar-refractivity contribution in [3.63, 3.8) is 0 Å². The summed E-state index contributed by atoms with van der Waals surface area (Å²) in [5, 5.41) is 13.7. The van der Waals surface area contributed by atoms with Crippen molar-refractivity contribution in [2.45, 2.75) is 25.8 Å². The van der Waals surface area contributed by atoms with Crippen molar-refractivity contribution < 1.29 is 5.11 Å². The molecule has 0 bridgehead atoms. The number of benzene rings is 3. The predicted octanol–water partition coefficient (Wildman–Crippen LogP) is 5.49. The van der Waals surface area contributed by atoms with Crippen molar-refractivity contribution in [2.24, 2.45) is 0 Å². The molecule has 0 saturated heterocycles. The van der Waals surface area contributed by atoms with E-state index in [4.69, 9.17) is 0 Å². The van der Waals surface area contributed by atoms with Gasteiger partial charge >= 0.3 is 0 Å². The molecule has 0 saturated carbocycles. The first kappa shape index (κ1) is 16.1. The van der Waals surface area contributed by atoms with Gasteiger partial charge in [-0.1, -0.05) is 66.7 Å². The first-order chi connectivity index (χ1) is 11.7. The van der Waals surface area contributed by atoms with E-state index in [-0.39, 0.29) is 6.04 Å². The van der Waals surface area contributed by atoms with E-state index < -0.39 is 0 Å². The SMILES string of the molecule is Cc1ccc(NC(CCc2ccccc2)c2ccccc2)c(O)c1. The lowest BCUT2D eigenvalue weighted by atomic mass is 9.98. The van der Waals surface area contributed by atoms with Crippen LogP contribution in [0.15, 0.2) is 78.9 Å². The van der Waals surface area contributed by atoms with Gasteiger partial charge in [-0.15, -0.1) is 0 Å². The van der Waals surface area contributed by atoms with Crippen LogP contribution in [0.25, 0.3) is 0 Å². The highest BCUT2D eigenvalue weighted by Crippen LogP contribution is 2.30. The highest BCUT2D eigenvalue weighted by atomic mass is 16.3. The average molecular weight is 317 g/mol. The molecule has 0 radical (unpaired) electrons. The molecule has 0 aromatic heterocycles. The summed E-state index contributed by atoms with van der Waals surface area (Å²) in [6, 6.07) is 26.8. The zero-order chi connectivity index (χ0) is 16.8. The lowest BCUT2D eigenvalue weighted by Crippen LogP contribution is -2.12. The lowest BCUT2D eigenvalue weighted by molar-refractivity contribution is 0.475. The normalized spacial score (nSPS) is 11.9. The number of phenols is 1. The second-order valence-corrected chi connectivity index (χ2v) is 6.15. The Labute approximate surface area is 143 Å². The number of aryl methyl sites for hydroxylation is 2. The molecule has 0 aliphatic carbocycles. The average Bonchev–Trinajstić information content (AvgIpc) is 2.62. The molecule has 0 heterocycles. The van der Waals surface area contributed by atoms with Crippen LogP contribution >= 0.6 is 0 Å². The largest absolute Gasteiger partial charge is 0.506 e. The molecule has 2 nitrogen and oxygen atoms in total. The van der Waals surface area contributed by atoms with Gasteiger partial charge in [0.2, 0.25) is 0 Å². The number of aromatic hydroxyl groups is 1. The van der Waals surface area contributed by atoms with Crippen LogP contribution in [-0.2, 0) is 6.42 Å². The van der Waals surface area contributed by atoms with Crippen molar-refractivity contribution >= 4 is 5.69 Å². The highest BCUT2D eigenvalue weighted by Gasteiger charge is 2.13. The van der Waals surface area contributed by atoms with Crippen LogP contribution < -0.4 is 5.32 Å². The molecule has 2 N–H and O–H groups in total. The second-order valence-electron chi connectivity index (χ2n) is 6.15. The summed E-state index contributed by atoms with van der Waals surface area (Å²) in [5.41, 5.74) is 4.39. The minimum Gasteiger partial charge on any atom is -0.506 e. The van der Waals surface area contributed by atoms with Gasteiger partial charge < -0.3 is 10.4 Å². The topological polar surface area (TPSA) is 32.3 Å². The predicted molar refractivity (Wildman–Crippen MR) is 100 cm³/mol. The molecular weight excluding hydrogens is 294 g/mol. The van der Waals surface area contributed by atoms with Crippen molar-refractivity contribution in [3.05, 3.63) is 95.6 Å². The van der Waals surface area contributed by atoms with Crippen molar-refractivity contribution in [2.75, 3.05) is 5.32 Å². The van der Waals surface area contributed by atoms with Gasteiger partial charge in [-0.3, -0.25) is 0 Å². The molecule has 0 aliphatic rings. The summed E-state index contributed by atoms with van der Waals surface area (Å²) in [5.74, 6) is 0.302. The quantitative estimate of drug-likeness (QED) is 0.589. The van der Waals surface area contributed by atoms with Crippen molar-refractivity contribution in [1.29, 1.82) is 0 Å². The second kappa shape index (κ2) is 7.69. The minimum absolute atomic E-state index is 0.153. The zero-order valence-electron chi connectivity index (χ0n) is 13.9. The third kappa shape index (κ3) is 4.17. The zero-order valence-corrected chi connectivity index (χ0v) is 13.9. The van der Waals surface area contributed by atoms with Crippen molar-refractivity contribution in [3.8, 4) is 5.75 Å². The monoisotopic (exact) mass is 317 g/mol.